The maximum Gasteiger partial charge on any atom is 0.407 e. The van der Waals surface area contributed by atoms with Crippen LogP contribution >= 0.6 is 23.2 Å². The van der Waals surface area contributed by atoms with Gasteiger partial charge in [0, 0.05) is 13.5 Å². The van der Waals surface area contributed by atoms with Crippen LogP contribution in [0.25, 0.3) is 0 Å². The summed E-state index contributed by atoms with van der Waals surface area (Å²) in [4.78, 5) is 22.7. The standard InChI is InChI=1S/C11H10Cl2FNO3/c1-15(11(17)18)9(10(13)16)5-6-2-3-7(12)8(14)4-6/h2-4,9H,5H2,1H3,(H,17,18). The average molecular weight is 294 g/mol. The molecule has 0 aliphatic heterocycles. The van der Waals surface area contributed by atoms with Gasteiger partial charge in [-0.15, -0.1) is 0 Å². The molecule has 1 aromatic carbocycles. The average Bonchev–Trinajstić information content (AvgIpc) is 2.29. The number of hydrogen-bond donors (Lipinski definition) is 1. The Morgan fingerprint density at radius 1 is 1.50 bits per heavy atom. The molecule has 0 saturated carbocycles. The molecule has 7 heteroatoms. The van der Waals surface area contributed by atoms with Gasteiger partial charge in [0.2, 0.25) is 5.24 Å². The fourth-order valence-corrected chi connectivity index (χ4v) is 1.73. The van der Waals surface area contributed by atoms with Crippen molar-refractivity contribution in [2.24, 2.45) is 0 Å². The van der Waals surface area contributed by atoms with E-state index in [-0.39, 0.29) is 11.4 Å². The van der Waals surface area contributed by atoms with Crippen molar-refractivity contribution >= 4 is 34.5 Å². The summed E-state index contributed by atoms with van der Waals surface area (Å²) < 4.78 is 13.2. The predicted octanol–water partition coefficient (Wildman–Crippen LogP) is 2.77. The highest BCUT2D eigenvalue weighted by Gasteiger charge is 2.25. The Labute approximate surface area is 113 Å². The highest BCUT2D eigenvalue weighted by molar-refractivity contribution is 6.64. The minimum Gasteiger partial charge on any atom is -0.465 e. The molecule has 0 fully saturated rings. The summed E-state index contributed by atoms with van der Waals surface area (Å²) in [5, 5.41) is 7.93. The van der Waals surface area contributed by atoms with E-state index in [0.717, 1.165) is 11.0 Å². The fraction of sp³-hybridized carbons (Fsp3) is 0.273. The zero-order chi connectivity index (χ0) is 13.9. The van der Waals surface area contributed by atoms with Crippen LogP contribution in [-0.2, 0) is 11.2 Å². The molecule has 1 aromatic rings. The summed E-state index contributed by atoms with van der Waals surface area (Å²) in [6.45, 7) is 0. The van der Waals surface area contributed by atoms with Gasteiger partial charge in [-0.25, -0.2) is 9.18 Å². The van der Waals surface area contributed by atoms with Crippen LogP contribution in [0.2, 0.25) is 5.02 Å². The zero-order valence-electron chi connectivity index (χ0n) is 9.36. The minimum atomic E-state index is -1.29. The van der Waals surface area contributed by atoms with Crippen molar-refractivity contribution in [2.45, 2.75) is 12.5 Å². The third-order valence-corrected chi connectivity index (χ3v) is 3.00. The van der Waals surface area contributed by atoms with Gasteiger partial charge in [-0.05, 0) is 29.3 Å². The molecule has 0 aliphatic rings. The van der Waals surface area contributed by atoms with Crippen LogP contribution in [0, 0.1) is 5.82 Å². The van der Waals surface area contributed by atoms with Crippen LogP contribution in [0.15, 0.2) is 18.2 Å². The number of amides is 1. The first-order valence-electron chi connectivity index (χ1n) is 4.92. The van der Waals surface area contributed by atoms with Gasteiger partial charge in [0.1, 0.15) is 11.9 Å². The highest BCUT2D eigenvalue weighted by Crippen LogP contribution is 2.18. The first-order valence-corrected chi connectivity index (χ1v) is 5.67. The topological polar surface area (TPSA) is 57.6 Å². The number of nitrogens with zero attached hydrogens (tertiary/aromatic N) is 1. The van der Waals surface area contributed by atoms with E-state index in [0.29, 0.717) is 5.56 Å². The highest BCUT2D eigenvalue weighted by atomic mass is 35.5. The first-order chi connectivity index (χ1) is 8.32. The molecule has 18 heavy (non-hydrogen) atoms. The van der Waals surface area contributed by atoms with E-state index >= 15 is 0 Å². The molecule has 0 heterocycles. The lowest BCUT2D eigenvalue weighted by atomic mass is 10.1. The molecule has 4 nitrogen and oxygen atoms in total. The number of likely N-dealkylation sites (N-methyl/N-ethyl adjacent to an activating group) is 1. The number of hydrogen-bond acceptors (Lipinski definition) is 2. The molecule has 0 aliphatic carbocycles. The second-order valence-electron chi connectivity index (χ2n) is 3.67. The van der Waals surface area contributed by atoms with Crippen LogP contribution < -0.4 is 0 Å². The molecular formula is C11H10Cl2FNO3. The SMILES string of the molecule is CN(C(=O)O)C(Cc1ccc(Cl)c(F)c1)C(=O)Cl. The van der Waals surface area contributed by atoms with Gasteiger partial charge in [0.25, 0.3) is 0 Å². The van der Waals surface area contributed by atoms with Gasteiger partial charge in [-0.1, -0.05) is 17.7 Å². The Balaban J connectivity index is 2.93. The monoisotopic (exact) mass is 293 g/mol. The smallest absolute Gasteiger partial charge is 0.407 e. The number of carbonyl (C=O) groups is 2. The van der Waals surface area contributed by atoms with E-state index < -0.39 is 23.2 Å². The second kappa shape index (κ2) is 6.02. The van der Waals surface area contributed by atoms with E-state index in [4.69, 9.17) is 28.3 Å². The lowest BCUT2D eigenvalue weighted by Gasteiger charge is -2.22. The van der Waals surface area contributed by atoms with Crippen molar-refractivity contribution in [3.63, 3.8) is 0 Å². The summed E-state index contributed by atoms with van der Waals surface area (Å²) in [5.74, 6) is -0.632. The van der Waals surface area contributed by atoms with Crippen molar-refractivity contribution in [1.82, 2.24) is 4.90 Å². The van der Waals surface area contributed by atoms with Gasteiger partial charge in [-0.3, -0.25) is 9.69 Å². The van der Waals surface area contributed by atoms with Crippen molar-refractivity contribution < 1.29 is 19.1 Å². The summed E-state index contributed by atoms with van der Waals surface area (Å²) in [6, 6.07) is 2.92. The van der Waals surface area contributed by atoms with Gasteiger partial charge >= 0.3 is 6.09 Å². The van der Waals surface area contributed by atoms with Gasteiger partial charge in [0.05, 0.1) is 5.02 Å². The Morgan fingerprint density at radius 3 is 2.56 bits per heavy atom. The largest absolute Gasteiger partial charge is 0.465 e. The summed E-state index contributed by atoms with van der Waals surface area (Å²) in [6.07, 6.45) is -1.30. The molecular weight excluding hydrogens is 284 g/mol. The van der Waals surface area contributed by atoms with Gasteiger partial charge in [0.15, 0.2) is 0 Å². The first kappa shape index (κ1) is 14.7. The summed E-state index contributed by atoms with van der Waals surface area (Å²) >= 11 is 10.9. The van der Waals surface area contributed by atoms with E-state index in [9.17, 15) is 14.0 Å². The molecule has 1 amide bonds. The maximum absolute atomic E-state index is 13.2. The van der Waals surface area contributed by atoms with Crippen molar-refractivity contribution in [2.75, 3.05) is 7.05 Å². The molecule has 1 unspecified atom stereocenters. The van der Waals surface area contributed by atoms with E-state index in [1.165, 1.54) is 19.2 Å². The number of carboxylic acid groups (broad SMARTS) is 1. The summed E-state index contributed by atoms with van der Waals surface area (Å²) in [7, 11) is 1.22. The van der Waals surface area contributed by atoms with Crippen LogP contribution in [0.1, 0.15) is 5.56 Å². The van der Waals surface area contributed by atoms with Gasteiger partial charge in [-0.2, -0.15) is 0 Å². The van der Waals surface area contributed by atoms with E-state index in [1.54, 1.807) is 0 Å². The lowest BCUT2D eigenvalue weighted by molar-refractivity contribution is -0.115. The van der Waals surface area contributed by atoms with E-state index in [1.807, 2.05) is 0 Å². The third-order valence-electron chi connectivity index (χ3n) is 2.44. The molecule has 0 saturated heterocycles. The fourth-order valence-electron chi connectivity index (χ4n) is 1.39. The molecule has 0 radical (unpaired) electrons. The second-order valence-corrected chi connectivity index (χ2v) is 4.45. The number of carbonyl (C=O) groups excluding carboxylic acids is 1. The quantitative estimate of drug-likeness (QED) is 0.869. The maximum atomic E-state index is 13.2. The molecule has 0 aromatic heterocycles. The molecule has 1 N–H and O–H groups in total. The Hall–Kier alpha value is -1.33. The molecule has 0 spiro atoms. The van der Waals surface area contributed by atoms with Crippen molar-refractivity contribution in [3.8, 4) is 0 Å². The minimum absolute atomic E-state index is 0.0147. The van der Waals surface area contributed by atoms with Crippen molar-refractivity contribution in [1.29, 1.82) is 0 Å². The van der Waals surface area contributed by atoms with Crippen molar-refractivity contribution in [3.05, 3.63) is 34.6 Å². The number of benzene rings is 1. The Bertz CT molecular complexity index is 481. The van der Waals surface area contributed by atoms with E-state index in [2.05, 4.69) is 0 Å². The number of rotatable bonds is 4. The predicted molar refractivity (Wildman–Crippen MR) is 65.5 cm³/mol. The Morgan fingerprint density at radius 2 is 2.11 bits per heavy atom. The molecule has 1 rings (SSSR count). The van der Waals surface area contributed by atoms with Crippen LogP contribution in [0.3, 0.4) is 0 Å². The zero-order valence-corrected chi connectivity index (χ0v) is 10.9. The molecule has 0 bridgehead atoms. The molecule has 1 atom stereocenters. The van der Waals surface area contributed by atoms with Crippen LogP contribution in [0.4, 0.5) is 9.18 Å². The van der Waals surface area contributed by atoms with Crippen LogP contribution in [0.5, 0.6) is 0 Å². The van der Waals surface area contributed by atoms with Crippen LogP contribution in [-0.4, -0.2) is 34.4 Å². The lowest BCUT2D eigenvalue weighted by Crippen LogP contribution is -2.41. The molecule has 98 valence electrons. The Kier molecular flexibility index (Phi) is 4.93. The number of halogens is 3. The van der Waals surface area contributed by atoms with Gasteiger partial charge < -0.3 is 5.11 Å². The summed E-state index contributed by atoms with van der Waals surface area (Å²) in [5.41, 5.74) is 0.434. The third kappa shape index (κ3) is 3.58. The normalized spacial score (nSPS) is 12.0.